The number of rotatable bonds is 2. The van der Waals surface area contributed by atoms with Crippen LogP contribution in [0.25, 0.3) is 0 Å². The zero-order valence-electron chi connectivity index (χ0n) is 8.32. The Hall–Kier alpha value is -0.610. The van der Waals surface area contributed by atoms with Crippen molar-refractivity contribution in [3.05, 3.63) is 0 Å². The van der Waals surface area contributed by atoms with Crippen LogP contribution < -0.4 is 0 Å². The van der Waals surface area contributed by atoms with Crippen molar-refractivity contribution in [3.8, 4) is 0 Å². The zero-order valence-corrected chi connectivity index (χ0v) is 8.32. The molecule has 1 unspecified atom stereocenters. The summed E-state index contributed by atoms with van der Waals surface area (Å²) in [5.74, 6) is 0.0437. The number of ether oxygens (including phenoxy) is 1. The van der Waals surface area contributed by atoms with Crippen molar-refractivity contribution in [3.63, 3.8) is 0 Å². The summed E-state index contributed by atoms with van der Waals surface area (Å²) in [6, 6.07) is 0.239. The molecular weight excluding hydrogens is 182 g/mol. The summed E-state index contributed by atoms with van der Waals surface area (Å²) in [4.78, 5) is 13.5. The molecule has 0 aromatic carbocycles. The van der Waals surface area contributed by atoms with Crippen molar-refractivity contribution >= 4 is 5.91 Å². The Labute approximate surface area is 83.8 Å². The van der Waals surface area contributed by atoms with Crippen LogP contribution in [0, 0.1) is 0 Å². The molecule has 4 heteroatoms. The number of hydrogen-bond donors (Lipinski definition) is 1. The predicted octanol–water partition coefficient (Wildman–Crippen LogP) is 0.149. The van der Waals surface area contributed by atoms with E-state index in [0.29, 0.717) is 12.6 Å². The average Bonchev–Trinajstić information content (AvgIpc) is 2.70. The summed E-state index contributed by atoms with van der Waals surface area (Å²) in [5.41, 5.74) is 0. The van der Waals surface area contributed by atoms with E-state index in [9.17, 15) is 4.79 Å². The van der Waals surface area contributed by atoms with Gasteiger partial charge in [0.05, 0.1) is 19.3 Å². The van der Waals surface area contributed by atoms with E-state index in [-0.39, 0.29) is 25.2 Å². The summed E-state index contributed by atoms with van der Waals surface area (Å²) < 4.78 is 5.12. The Morgan fingerprint density at radius 1 is 1.43 bits per heavy atom. The van der Waals surface area contributed by atoms with Crippen LogP contribution in [0.3, 0.4) is 0 Å². The maximum atomic E-state index is 11.6. The van der Waals surface area contributed by atoms with Crippen molar-refractivity contribution in [1.82, 2.24) is 4.90 Å². The van der Waals surface area contributed by atoms with Gasteiger partial charge >= 0.3 is 0 Å². The van der Waals surface area contributed by atoms with Gasteiger partial charge in [-0.05, 0) is 12.8 Å². The van der Waals surface area contributed by atoms with Crippen LogP contribution in [0.15, 0.2) is 0 Å². The van der Waals surface area contributed by atoms with Crippen molar-refractivity contribution < 1.29 is 14.6 Å². The number of carbonyl (C=O) groups is 1. The van der Waals surface area contributed by atoms with Gasteiger partial charge in [0.2, 0.25) is 5.91 Å². The van der Waals surface area contributed by atoms with Gasteiger partial charge in [-0.3, -0.25) is 4.79 Å². The largest absolute Gasteiger partial charge is 0.394 e. The van der Waals surface area contributed by atoms with E-state index in [4.69, 9.17) is 9.84 Å². The summed E-state index contributed by atoms with van der Waals surface area (Å²) in [6.07, 6.45) is 4.57. The lowest BCUT2D eigenvalue weighted by Crippen LogP contribution is -2.54. The average molecular weight is 199 g/mol. The molecule has 0 radical (unpaired) electrons. The first-order valence-electron chi connectivity index (χ1n) is 5.32. The molecule has 0 aromatic heterocycles. The fourth-order valence-corrected chi connectivity index (χ4v) is 2.47. The van der Waals surface area contributed by atoms with E-state index in [2.05, 4.69) is 0 Å². The number of nitrogens with zero attached hydrogens (tertiary/aromatic N) is 1. The maximum Gasteiger partial charge on any atom is 0.249 e. The summed E-state index contributed by atoms with van der Waals surface area (Å²) in [6.45, 7) is 0.688. The molecule has 1 atom stereocenters. The minimum atomic E-state index is -0.112. The zero-order chi connectivity index (χ0) is 9.97. The molecule has 1 saturated carbocycles. The Kier molecular flexibility index (Phi) is 3.03. The number of aliphatic hydroxyl groups is 1. The van der Waals surface area contributed by atoms with E-state index in [0.717, 1.165) is 12.8 Å². The molecule has 2 fully saturated rings. The van der Waals surface area contributed by atoms with Gasteiger partial charge in [0.25, 0.3) is 0 Å². The Morgan fingerprint density at radius 3 is 2.79 bits per heavy atom. The van der Waals surface area contributed by atoms with Crippen molar-refractivity contribution in [1.29, 1.82) is 0 Å². The molecule has 1 aliphatic carbocycles. The van der Waals surface area contributed by atoms with E-state index in [1.165, 1.54) is 12.8 Å². The molecule has 14 heavy (non-hydrogen) atoms. The Morgan fingerprint density at radius 2 is 2.14 bits per heavy atom. The molecule has 1 N–H and O–H groups in total. The van der Waals surface area contributed by atoms with Gasteiger partial charge in [-0.15, -0.1) is 0 Å². The first-order valence-corrected chi connectivity index (χ1v) is 5.32. The van der Waals surface area contributed by atoms with Crippen LogP contribution in [0.5, 0.6) is 0 Å². The topological polar surface area (TPSA) is 49.8 Å². The monoisotopic (exact) mass is 199 g/mol. The highest BCUT2D eigenvalue weighted by atomic mass is 16.5. The highest BCUT2D eigenvalue weighted by Gasteiger charge is 2.34. The Balaban J connectivity index is 2.06. The highest BCUT2D eigenvalue weighted by molar-refractivity contribution is 5.78. The number of morpholine rings is 1. The first-order chi connectivity index (χ1) is 6.83. The molecule has 2 aliphatic rings. The third-order valence-electron chi connectivity index (χ3n) is 3.15. The van der Waals surface area contributed by atoms with Gasteiger partial charge in [0.15, 0.2) is 0 Å². The van der Waals surface area contributed by atoms with E-state index >= 15 is 0 Å². The lowest BCUT2D eigenvalue weighted by Gasteiger charge is -2.38. The van der Waals surface area contributed by atoms with Crippen molar-refractivity contribution in [2.45, 2.75) is 37.8 Å². The number of amides is 1. The van der Waals surface area contributed by atoms with Crippen LogP contribution in [-0.2, 0) is 9.53 Å². The smallest absolute Gasteiger partial charge is 0.249 e. The predicted molar refractivity (Wildman–Crippen MR) is 50.8 cm³/mol. The fraction of sp³-hybridized carbons (Fsp3) is 0.900. The molecule has 80 valence electrons. The normalized spacial score (nSPS) is 29.9. The maximum absolute atomic E-state index is 11.6. The lowest BCUT2D eigenvalue weighted by atomic mass is 10.1. The molecule has 1 aliphatic heterocycles. The van der Waals surface area contributed by atoms with Crippen LogP contribution in [0.2, 0.25) is 0 Å². The van der Waals surface area contributed by atoms with Crippen LogP contribution >= 0.6 is 0 Å². The second-order valence-corrected chi connectivity index (χ2v) is 4.09. The van der Waals surface area contributed by atoms with Crippen molar-refractivity contribution in [2.24, 2.45) is 0 Å². The first kappa shape index (κ1) is 9.93. The molecule has 1 amide bonds. The van der Waals surface area contributed by atoms with Crippen molar-refractivity contribution in [2.75, 3.05) is 19.8 Å². The molecule has 2 rings (SSSR count). The lowest BCUT2D eigenvalue weighted by molar-refractivity contribution is -0.153. The molecule has 0 bridgehead atoms. The molecule has 4 nitrogen and oxygen atoms in total. The SMILES string of the molecule is O=C1COCC(CO)N1C1CCCC1. The van der Waals surface area contributed by atoms with Gasteiger partial charge in [-0.25, -0.2) is 0 Å². The minimum absolute atomic E-state index is 0.0161. The second kappa shape index (κ2) is 4.28. The Bertz CT molecular complexity index is 211. The quantitative estimate of drug-likeness (QED) is 0.688. The summed E-state index contributed by atoms with van der Waals surface area (Å²) in [7, 11) is 0. The molecule has 1 saturated heterocycles. The third-order valence-corrected chi connectivity index (χ3v) is 3.15. The molecule has 0 spiro atoms. The number of carbonyl (C=O) groups excluding carboxylic acids is 1. The molecular formula is C10H17NO3. The van der Waals surface area contributed by atoms with Crippen LogP contribution in [0.4, 0.5) is 0 Å². The van der Waals surface area contributed by atoms with Gasteiger partial charge in [0, 0.05) is 6.04 Å². The molecule has 1 heterocycles. The number of aliphatic hydroxyl groups excluding tert-OH is 1. The number of hydrogen-bond acceptors (Lipinski definition) is 3. The van der Waals surface area contributed by atoms with E-state index in [1.54, 1.807) is 0 Å². The van der Waals surface area contributed by atoms with Gasteiger partial charge in [0.1, 0.15) is 6.61 Å². The van der Waals surface area contributed by atoms with Gasteiger partial charge in [-0.2, -0.15) is 0 Å². The fourth-order valence-electron chi connectivity index (χ4n) is 2.47. The van der Waals surface area contributed by atoms with E-state index < -0.39 is 0 Å². The van der Waals surface area contributed by atoms with E-state index in [1.807, 2.05) is 4.90 Å². The summed E-state index contributed by atoms with van der Waals surface area (Å²) >= 11 is 0. The second-order valence-electron chi connectivity index (χ2n) is 4.09. The van der Waals surface area contributed by atoms with Gasteiger partial charge in [-0.1, -0.05) is 12.8 Å². The standard InChI is InChI=1S/C10H17NO3/c12-5-9-6-14-7-10(13)11(9)8-3-1-2-4-8/h8-9,12H,1-7H2. The van der Waals surface area contributed by atoms with Crippen LogP contribution in [0.1, 0.15) is 25.7 Å². The summed E-state index contributed by atoms with van der Waals surface area (Å²) in [5, 5.41) is 9.17. The third kappa shape index (κ3) is 1.77. The van der Waals surface area contributed by atoms with Crippen LogP contribution in [-0.4, -0.2) is 47.8 Å². The molecule has 0 aromatic rings. The highest BCUT2D eigenvalue weighted by Crippen LogP contribution is 2.26. The van der Waals surface area contributed by atoms with Gasteiger partial charge < -0.3 is 14.7 Å². The minimum Gasteiger partial charge on any atom is -0.394 e.